The molecule has 0 amide bonds. The minimum absolute atomic E-state index is 0.0719. The van der Waals surface area contributed by atoms with Crippen LogP contribution in [-0.4, -0.2) is 30.9 Å². The molecule has 1 aliphatic rings. The topological polar surface area (TPSA) is 44.8 Å². The predicted octanol–water partition coefficient (Wildman–Crippen LogP) is 4.94. The van der Waals surface area contributed by atoms with Crippen molar-refractivity contribution >= 4 is 5.97 Å². The molecule has 1 fully saturated rings. The summed E-state index contributed by atoms with van der Waals surface area (Å²) in [7, 11) is 0. The van der Waals surface area contributed by atoms with Crippen LogP contribution in [0.25, 0.3) is 0 Å². The maximum atomic E-state index is 12.5. The van der Waals surface area contributed by atoms with Crippen LogP contribution in [0.15, 0.2) is 72.8 Å². The molecule has 4 heteroatoms. The summed E-state index contributed by atoms with van der Waals surface area (Å²) in [6.45, 7) is 3.14. The third-order valence-corrected chi connectivity index (χ3v) is 4.73. The van der Waals surface area contributed by atoms with E-state index in [-0.39, 0.29) is 24.3 Å². The quantitative estimate of drug-likeness (QED) is 0.456. The summed E-state index contributed by atoms with van der Waals surface area (Å²) in [5.41, 5.74) is 1.70. The molecular formula is C24H28O4. The first-order valence-electron chi connectivity index (χ1n) is 9.94. The van der Waals surface area contributed by atoms with Crippen molar-refractivity contribution in [2.45, 2.75) is 51.1 Å². The molecule has 0 spiro atoms. The highest BCUT2D eigenvalue weighted by atomic mass is 16.6. The fourth-order valence-corrected chi connectivity index (χ4v) is 3.30. The van der Waals surface area contributed by atoms with Crippen LogP contribution in [0.4, 0.5) is 0 Å². The van der Waals surface area contributed by atoms with Crippen LogP contribution in [0.1, 0.15) is 42.1 Å². The maximum Gasteiger partial charge on any atom is 0.338 e. The van der Waals surface area contributed by atoms with Crippen molar-refractivity contribution in [1.29, 1.82) is 0 Å². The minimum Gasteiger partial charge on any atom is -0.456 e. The summed E-state index contributed by atoms with van der Waals surface area (Å²) >= 11 is 0. The Balaban J connectivity index is 1.55. The lowest BCUT2D eigenvalue weighted by atomic mass is 10.1. The zero-order valence-corrected chi connectivity index (χ0v) is 16.3. The Bertz CT molecular complexity index is 742. The van der Waals surface area contributed by atoms with E-state index >= 15 is 0 Å². The Labute approximate surface area is 167 Å². The summed E-state index contributed by atoms with van der Waals surface area (Å²) in [4.78, 5) is 12.5. The van der Waals surface area contributed by atoms with Gasteiger partial charge in [-0.2, -0.15) is 0 Å². The van der Waals surface area contributed by atoms with Crippen LogP contribution >= 0.6 is 0 Å². The summed E-state index contributed by atoms with van der Waals surface area (Å²) in [6, 6.07) is 19.2. The van der Waals surface area contributed by atoms with E-state index in [1.807, 2.05) is 48.5 Å². The van der Waals surface area contributed by atoms with Gasteiger partial charge in [0, 0.05) is 6.42 Å². The van der Waals surface area contributed by atoms with E-state index in [2.05, 4.69) is 19.1 Å². The lowest BCUT2D eigenvalue weighted by molar-refractivity contribution is -0.0351. The van der Waals surface area contributed by atoms with Gasteiger partial charge in [-0.1, -0.05) is 67.6 Å². The third kappa shape index (κ3) is 6.04. The maximum absolute atomic E-state index is 12.5. The Morgan fingerprint density at radius 2 is 1.79 bits per heavy atom. The average Bonchev–Trinajstić information content (AvgIpc) is 3.11. The van der Waals surface area contributed by atoms with Gasteiger partial charge in [0.1, 0.15) is 6.10 Å². The second kappa shape index (κ2) is 10.8. The number of rotatable bonds is 9. The number of carbonyl (C=O) groups excluding carboxylic acids is 1. The molecule has 2 aromatic carbocycles. The van der Waals surface area contributed by atoms with Gasteiger partial charge in [-0.3, -0.25) is 0 Å². The second-order valence-electron chi connectivity index (χ2n) is 6.96. The van der Waals surface area contributed by atoms with Crippen LogP contribution in [0, 0.1) is 0 Å². The van der Waals surface area contributed by atoms with Gasteiger partial charge in [0.15, 0.2) is 0 Å². The molecule has 28 heavy (non-hydrogen) atoms. The lowest BCUT2D eigenvalue weighted by Crippen LogP contribution is -2.26. The molecule has 0 bridgehead atoms. The molecule has 1 heterocycles. The molecule has 4 nitrogen and oxygen atoms in total. The van der Waals surface area contributed by atoms with Crippen molar-refractivity contribution in [2.24, 2.45) is 0 Å². The van der Waals surface area contributed by atoms with Crippen LogP contribution in [-0.2, 0) is 20.8 Å². The molecule has 0 saturated carbocycles. The molecule has 1 saturated heterocycles. The largest absolute Gasteiger partial charge is 0.456 e. The highest BCUT2D eigenvalue weighted by Gasteiger charge is 2.37. The van der Waals surface area contributed by atoms with E-state index in [1.54, 1.807) is 12.1 Å². The number of allylic oxidation sites excluding steroid dienone is 1. The number of ether oxygens (including phenoxy) is 3. The van der Waals surface area contributed by atoms with Gasteiger partial charge in [-0.05, 0) is 30.5 Å². The number of hydrogen-bond acceptors (Lipinski definition) is 4. The van der Waals surface area contributed by atoms with E-state index in [4.69, 9.17) is 14.2 Å². The lowest BCUT2D eigenvalue weighted by Gasteiger charge is -2.17. The van der Waals surface area contributed by atoms with Crippen molar-refractivity contribution < 1.29 is 19.0 Å². The monoisotopic (exact) mass is 380 g/mol. The molecule has 3 rings (SSSR count). The number of hydrogen-bond donors (Lipinski definition) is 0. The molecule has 0 unspecified atom stereocenters. The molecular weight excluding hydrogens is 352 g/mol. The Morgan fingerprint density at radius 3 is 2.50 bits per heavy atom. The summed E-state index contributed by atoms with van der Waals surface area (Å²) < 4.78 is 17.8. The molecule has 0 radical (unpaired) electrons. The van der Waals surface area contributed by atoms with Gasteiger partial charge < -0.3 is 14.2 Å². The van der Waals surface area contributed by atoms with Crippen molar-refractivity contribution in [3.63, 3.8) is 0 Å². The first-order chi connectivity index (χ1) is 13.8. The molecule has 0 aromatic heterocycles. The minimum atomic E-state index is -0.301. The van der Waals surface area contributed by atoms with Crippen LogP contribution < -0.4 is 0 Å². The second-order valence-corrected chi connectivity index (χ2v) is 6.96. The van der Waals surface area contributed by atoms with Gasteiger partial charge in [-0.15, -0.1) is 0 Å². The molecule has 0 N–H and O–H groups in total. The predicted molar refractivity (Wildman–Crippen MR) is 109 cm³/mol. The highest BCUT2D eigenvalue weighted by Crippen LogP contribution is 2.27. The van der Waals surface area contributed by atoms with Crippen LogP contribution in [0.5, 0.6) is 0 Å². The zero-order chi connectivity index (χ0) is 19.6. The van der Waals surface area contributed by atoms with Gasteiger partial charge in [0.2, 0.25) is 0 Å². The normalized spacial score (nSPS) is 21.8. The molecule has 1 aliphatic heterocycles. The summed E-state index contributed by atoms with van der Waals surface area (Å²) in [5.74, 6) is -0.301. The van der Waals surface area contributed by atoms with Gasteiger partial charge in [-0.25, -0.2) is 4.79 Å². The number of esters is 1. The van der Waals surface area contributed by atoms with Crippen molar-refractivity contribution in [3.05, 3.63) is 83.9 Å². The van der Waals surface area contributed by atoms with E-state index in [1.165, 1.54) is 0 Å². The zero-order valence-electron chi connectivity index (χ0n) is 16.3. The fourth-order valence-electron chi connectivity index (χ4n) is 3.30. The first-order valence-corrected chi connectivity index (χ1v) is 9.94. The van der Waals surface area contributed by atoms with Gasteiger partial charge >= 0.3 is 5.97 Å². The molecule has 2 aromatic rings. The van der Waals surface area contributed by atoms with Gasteiger partial charge in [0.25, 0.3) is 0 Å². The number of carbonyl (C=O) groups is 1. The van der Waals surface area contributed by atoms with Crippen LogP contribution in [0.2, 0.25) is 0 Å². The summed E-state index contributed by atoms with van der Waals surface area (Å²) in [6.07, 6.45) is 6.09. The standard InChI is InChI=1S/C24H28O4/c1-2-3-6-15-22-23(28-24(25)20-13-9-5-10-14-20)16-21(27-22)18-26-17-19-11-7-4-8-12-19/h3-14,21-23H,2,15-18H2,1H3/b6-3+/t21-,22+,23-/m0/s1. The highest BCUT2D eigenvalue weighted by molar-refractivity contribution is 5.89. The molecule has 148 valence electrons. The van der Waals surface area contributed by atoms with Crippen molar-refractivity contribution in [1.82, 2.24) is 0 Å². The van der Waals surface area contributed by atoms with Crippen molar-refractivity contribution in [3.8, 4) is 0 Å². The van der Waals surface area contributed by atoms with E-state index in [9.17, 15) is 4.79 Å². The fraction of sp³-hybridized carbons (Fsp3) is 0.375. The average molecular weight is 380 g/mol. The van der Waals surface area contributed by atoms with E-state index in [0.717, 1.165) is 18.4 Å². The van der Waals surface area contributed by atoms with Crippen molar-refractivity contribution in [2.75, 3.05) is 6.61 Å². The Morgan fingerprint density at radius 1 is 1.07 bits per heavy atom. The van der Waals surface area contributed by atoms with E-state index in [0.29, 0.717) is 25.2 Å². The molecule has 3 atom stereocenters. The Kier molecular flexibility index (Phi) is 7.82. The third-order valence-electron chi connectivity index (χ3n) is 4.73. The first kappa shape index (κ1) is 20.3. The van der Waals surface area contributed by atoms with Crippen LogP contribution in [0.3, 0.4) is 0 Å². The summed E-state index contributed by atoms with van der Waals surface area (Å²) in [5, 5.41) is 0. The molecule has 0 aliphatic carbocycles. The van der Waals surface area contributed by atoms with Gasteiger partial charge in [0.05, 0.1) is 31.0 Å². The SMILES string of the molecule is CC/C=C/C[C@H]1O[C@H](COCc2ccccc2)C[C@@H]1OC(=O)c1ccccc1. The smallest absolute Gasteiger partial charge is 0.338 e. The Hall–Kier alpha value is -2.43. The van der Waals surface area contributed by atoms with E-state index < -0.39 is 0 Å². The number of benzene rings is 2.